The summed E-state index contributed by atoms with van der Waals surface area (Å²) in [6.45, 7) is 1.02. The average Bonchev–Trinajstić information content (AvgIpc) is 3.04. The zero-order valence-corrected chi connectivity index (χ0v) is 13.2. The molecule has 0 saturated carbocycles. The van der Waals surface area contributed by atoms with Gasteiger partial charge < -0.3 is 10.1 Å². The highest BCUT2D eigenvalue weighted by molar-refractivity contribution is 5.91. The van der Waals surface area contributed by atoms with Crippen molar-refractivity contribution in [2.24, 2.45) is 13.0 Å². The zero-order valence-electron chi connectivity index (χ0n) is 13.2. The fourth-order valence-corrected chi connectivity index (χ4v) is 2.80. The third-order valence-electron chi connectivity index (χ3n) is 4.13. The number of benzene rings is 1. The minimum absolute atomic E-state index is 0.104. The molecule has 1 aliphatic heterocycles. The first-order valence-electron chi connectivity index (χ1n) is 7.74. The molecular weight excluding hydrogens is 313 g/mol. The first-order valence-corrected chi connectivity index (χ1v) is 7.74. The van der Waals surface area contributed by atoms with Gasteiger partial charge in [0.1, 0.15) is 11.5 Å². The van der Waals surface area contributed by atoms with Crippen molar-refractivity contribution in [2.45, 2.75) is 12.5 Å². The molecule has 1 N–H and O–H groups in total. The zero-order chi connectivity index (χ0) is 17.1. The van der Waals surface area contributed by atoms with Gasteiger partial charge in [-0.1, -0.05) is 12.1 Å². The van der Waals surface area contributed by atoms with Gasteiger partial charge >= 0.3 is 0 Å². The molecule has 2 heterocycles. The summed E-state index contributed by atoms with van der Waals surface area (Å²) in [6.07, 6.45) is 0.641. The SMILES string of the molecule is Cn1nc(C(=O)NC[C@@H]2CCO[C@H]2c2ccc(F)cc2)ccc1=O. The van der Waals surface area contributed by atoms with Crippen molar-refractivity contribution in [1.82, 2.24) is 15.1 Å². The Bertz CT molecular complexity index is 788. The second-order valence-corrected chi connectivity index (χ2v) is 5.78. The minimum Gasteiger partial charge on any atom is -0.373 e. The maximum Gasteiger partial charge on any atom is 0.271 e. The maximum atomic E-state index is 13.0. The Labute approximate surface area is 138 Å². The predicted molar refractivity (Wildman–Crippen MR) is 85.0 cm³/mol. The lowest BCUT2D eigenvalue weighted by atomic mass is 9.95. The second kappa shape index (κ2) is 6.92. The standard InChI is InChI=1S/C17H18FN3O3/c1-21-15(22)7-6-14(20-21)17(23)19-10-12-8-9-24-16(12)11-2-4-13(18)5-3-11/h2-7,12,16H,8-10H2,1H3,(H,19,23)/t12-,16-/m0/s1. The third-order valence-corrected chi connectivity index (χ3v) is 4.13. The molecule has 1 amide bonds. The molecule has 6 nitrogen and oxygen atoms in total. The first kappa shape index (κ1) is 16.3. The lowest BCUT2D eigenvalue weighted by molar-refractivity contribution is 0.0842. The van der Waals surface area contributed by atoms with Crippen molar-refractivity contribution in [3.63, 3.8) is 0 Å². The molecule has 0 aliphatic carbocycles. The highest BCUT2D eigenvalue weighted by atomic mass is 19.1. The smallest absolute Gasteiger partial charge is 0.271 e. The number of amides is 1. The molecule has 0 unspecified atom stereocenters. The van der Waals surface area contributed by atoms with Crippen LogP contribution in [-0.2, 0) is 11.8 Å². The molecule has 3 rings (SSSR count). The molecule has 7 heteroatoms. The minimum atomic E-state index is -0.338. The monoisotopic (exact) mass is 331 g/mol. The molecule has 1 saturated heterocycles. The van der Waals surface area contributed by atoms with Crippen LogP contribution in [0.1, 0.15) is 28.6 Å². The summed E-state index contributed by atoms with van der Waals surface area (Å²) in [7, 11) is 1.49. The molecule has 1 aromatic heterocycles. The van der Waals surface area contributed by atoms with Crippen molar-refractivity contribution < 1.29 is 13.9 Å². The van der Waals surface area contributed by atoms with Crippen LogP contribution < -0.4 is 10.9 Å². The summed E-state index contributed by atoms with van der Waals surface area (Å²) < 4.78 is 19.9. The topological polar surface area (TPSA) is 73.2 Å². The van der Waals surface area contributed by atoms with Crippen LogP contribution in [0.5, 0.6) is 0 Å². The number of rotatable bonds is 4. The Morgan fingerprint density at radius 2 is 2.08 bits per heavy atom. The van der Waals surface area contributed by atoms with Crippen molar-refractivity contribution in [3.8, 4) is 0 Å². The summed E-state index contributed by atoms with van der Waals surface area (Å²) in [5, 5.41) is 6.75. The largest absolute Gasteiger partial charge is 0.373 e. The summed E-state index contributed by atoms with van der Waals surface area (Å²) in [5.41, 5.74) is 0.815. The predicted octanol–water partition coefficient (Wildman–Crippen LogP) is 1.43. The number of hydrogen-bond donors (Lipinski definition) is 1. The Hall–Kier alpha value is -2.54. The van der Waals surface area contributed by atoms with Gasteiger partial charge in [0.15, 0.2) is 0 Å². The molecule has 0 radical (unpaired) electrons. The fraction of sp³-hybridized carbons (Fsp3) is 0.353. The molecule has 2 aromatic rings. The van der Waals surface area contributed by atoms with E-state index >= 15 is 0 Å². The molecule has 126 valence electrons. The lowest BCUT2D eigenvalue weighted by Gasteiger charge is -2.19. The van der Waals surface area contributed by atoms with Crippen molar-refractivity contribution in [3.05, 3.63) is 63.8 Å². The number of nitrogens with one attached hydrogen (secondary N) is 1. The van der Waals surface area contributed by atoms with Gasteiger partial charge in [0.25, 0.3) is 11.5 Å². The van der Waals surface area contributed by atoms with Gasteiger partial charge in [-0.25, -0.2) is 9.07 Å². The van der Waals surface area contributed by atoms with Crippen LogP contribution in [0.15, 0.2) is 41.2 Å². The van der Waals surface area contributed by atoms with Crippen molar-refractivity contribution in [1.29, 1.82) is 0 Å². The first-order chi connectivity index (χ1) is 11.5. The van der Waals surface area contributed by atoms with Gasteiger partial charge in [0.05, 0.1) is 6.10 Å². The van der Waals surface area contributed by atoms with E-state index in [0.717, 1.165) is 16.7 Å². The number of aromatic nitrogens is 2. The number of carbonyl (C=O) groups excluding carboxylic acids is 1. The van der Waals surface area contributed by atoms with Crippen molar-refractivity contribution in [2.75, 3.05) is 13.2 Å². The molecule has 0 spiro atoms. The van der Waals surface area contributed by atoms with Crippen LogP contribution in [0.4, 0.5) is 4.39 Å². The molecule has 1 aliphatic rings. The second-order valence-electron chi connectivity index (χ2n) is 5.78. The number of ether oxygens (including phenoxy) is 1. The van der Waals surface area contributed by atoms with E-state index in [9.17, 15) is 14.0 Å². The Morgan fingerprint density at radius 3 is 2.79 bits per heavy atom. The maximum absolute atomic E-state index is 13.0. The van der Waals surface area contributed by atoms with E-state index in [4.69, 9.17) is 4.74 Å². The third kappa shape index (κ3) is 3.51. The van der Waals surface area contributed by atoms with E-state index < -0.39 is 0 Å². The van der Waals surface area contributed by atoms with Crippen LogP contribution in [-0.4, -0.2) is 28.8 Å². The summed E-state index contributed by atoms with van der Waals surface area (Å²) in [6, 6.07) is 8.92. The fourth-order valence-electron chi connectivity index (χ4n) is 2.80. The highest BCUT2D eigenvalue weighted by Crippen LogP contribution is 2.34. The molecule has 1 fully saturated rings. The van der Waals surface area contributed by atoms with Crippen molar-refractivity contribution >= 4 is 5.91 Å². The van der Waals surface area contributed by atoms with Gasteiger partial charge in [-0.2, -0.15) is 5.10 Å². The molecular formula is C17H18FN3O3. The van der Waals surface area contributed by atoms with Gasteiger partial charge in [-0.15, -0.1) is 0 Å². The molecule has 0 bridgehead atoms. The number of aryl methyl sites for hydroxylation is 1. The van der Waals surface area contributed by atoms with E-state index in [0.29, 0.717) is 13.2 Å². The van der Waals surface area contributed by atoms with Crippen LogP contribution in [0.25, 0.3) is 0 Å². The van der Waals surface area contributed by atoms with E-state index in [1.165, 1.54) is 31.3 Å². The van der Waals surface area contributed by atoms with Crippen LogP contribution >= 0.6 is 0 Å². The normalized spacial score (nSPS) is 20.1. The average molecular weight is 331 g/mol. The van der Waals surface area contributed by atoms with Crippen LogP contribution in [0.2, 0.25) is 0 Å². The summed E-state index contributed by atoms with van der Waals surface area (Å²) in [4.78, 5) is 23.5. The summed E-state index contributed by atoms with van der Waals surface area (Å²) >= 11 is 0. The van der Waals surface area contributed by atoms with Crippen LogP contribution in [0.3, 0.4) is 0 Å². The number of halogens is 1. The quantitative estimate of drug-likeness (QED) is 0.920. The number of nitrogens with zero attached hydrogens (tertiary/aromatic N) is 2. The lowest BCUT2D eigenvalue weighted by Crippen LogP contribution is -2.32. The Morgan fingerprint density at radius 1 is 1.33 bits per heavy atom. The number of carbonyl (C=O) groups is 1. The van der Waals surface area contributed by atoms with E-state index in [-0.39, 0.29) is 35.0 Å². The number of hydrogen-bond acceptors (Lipinski definition) is 4. The van der Waals surface area contributed by atoms with Gasteiger partial charge in [-0.3, -0.25) is 9.59 Å². The Kier molecular flexibility index (Phi) is 4.71. The van der Waals surface area contributed by atoms with E-state index in [1.54, 1.807) is 12.1 Å². The molecule has 2 atom stereocenters. The molecule has 24 heavy (non-hydrogen) atoms. The van der Waals surface area contributed by atoms with Gasteiger partial charge in [0.2, 0.25) is 0 Å². The van der Waals surface area contributed by atoms with E-state index in [2.05, 4.69) is 10.4 Å². The molecule has 1 aromatic carbocycles. The Balaban J connectivity index is 1.64. The highest BCUT2D eigenvalue weighted by Gasteiger charge is 2.30. The van der Waals surface area contributed by atoms with E-state index in [1.807, 2.05) is 0 Å². The van der Waals surface area contributed by atoms with Crippen LogP contribution in [0, 0.1) is 11.7 Å². The van der Waals surface area contributed by atoms with Gasteiger partial charge in [0, 0.05) is 32.2 Å². The summed E-state index contributed by atoms with van der Waals surface area (Å²) in [5.74, 6) is -0.523. The van der Waals surface area contributed by atoms with Gasteiger partial charge in [-0.05, 0) is 30.2 Å².